The Kier molecular flexibility index (Phi) is 6.56. The smallest absolute Gasteiger partial charge is 0.254 e. The topological polar surface area (TPSA) is 42.6 Å². The van der Waals surface area contributed by atoms with E-state index in [1.165, 1.54) is 16.9 Å². The van der Waals surface area contributed by atoms with Crippen LogP contribution in [0.25, 0.3) is 11.3 Å². The first-order valence-corrected chi connectivity index (χ1v) is 11.8. The van der Waals surface area contributed by atoms with Gasteiger partial charge in [0.15, 0.2) is 0 Å². The summed E-state index contributed by atoms with van der Waals surface area (Å²) in [7, 11) is 2.12. The van der Waals surface area contributed by atoms with Gasteiger partial charge in [-0.3, -0.25) is 9.69 Å². The molecule has 2 aliphatic heterocycles. The van der Waals surface area contributed by atoms with Crippen molar-refractivity contribution in [2.24, 2.45) is 0 Å². The number of nitrogens with zero attached hydrogens (tertiary/aromatic N) is 3. The number of hydrogen-bond donors (Lipinski definition) is 1. The second-order valence-corrected chi connectivity index (χ2v) is 9.23. The zero-order valence-electron chi connectivity index (χ0n) is 20.1. The van der Waals surface area contributed by atoms with Crippen LogP contribution in [0.4, 0.5) is 11.4 Å². The molecule has 4 rings (SSSR count). The van der Waals surface area contributed by atoms with E-state index in [1.54, 1.807) is 0 Å². The molecule has 0 radical (unpaired) electrons. The van der Waals surface area contributed by atoms with Gasteiger partial charge in [-0.2, -0.15) is 0 Å². The molecule has 1 aliphatic carbocycles. The second kappa shape index (κ2) is 9.37. The summed E-state index contributed by atoms with van der Waals surface area (Å²) < 4.78 is 0. The average molecular weight is 433 g/mol. The molecule has 5 heteroatoms. The number of piperazine rings is 1. The van der Waals surface area contributed by atoms with Crippen LogP contribution in [0.1, 0.15) is 44.4 Å². The van der Waals surface area contributed by atoms with E-state index in [1.807, 2.05) is 24.3 Å². The SMILES string of the molecule is CCC(c1c2cccccc-2[nH]c1=O)N(C)c1cc(N2CCN(C(C)C)CC2)ccc1C. The molecule has 3 aliphatic rings. The Morgan fingerprint density at radius 3 is 2.44 bits per heavy atom. The van der Waals surface area contributed by atoms with Gasteiger partial charge in [-0.05, 0) is 51.0 Å². The van der Waals surface area contributed by atoms with Gasteiger partial charge in [0.1, 0.15) is 0 Å². The zero-order chi connectivity index (χ0) is 22.8. The van der Waals surface area contributed by atoms with E-state index in [0.717, 1.165) is 49.4 Å². The number of H-pyrrole nitrogens is 1. The fourth-order valence-corrected chi connectivity index (χ4v) is 5.04. The van der Waals surface area contributed by atoms with Gasteiger partial charge in [0, 0.05) is 67.5 Å². The first kappa shape index (κ1) is 22.4. The molecule has 1 aromatic rings. The molecule has 1 saturated heterocycles. The van der Waals surface area contributed by atoms with Gasteiger partial charge in [0.05, 0.1) is 6.04 Å². The van der Waals surface area contributed by atoms with Crippen LogP contribution < -0.4 is 15.4 Å². The number of aromatic amines is 1. The standard InChI is InChI=1S/C27H36N4O/c1-6-24(26-22-10-8-7-9-11-23(22)28-27(26)32)29(5)25-18-21(13-12-20(25)4)31-16-14-30(15-17-31)19(2)3/h7-13,18-19,24H,6,14-17H2,1-5H3,(H,28,32). The molecule has 1 atom stereocenters. The largest absolute Gasteiger partial charge is 0.369 e. The van der Waals surface area contributed by atoms with Crippen LogP contribution in [0.5, 0.6) is 0 Å². The molecule has 1 aromatic carbocycles. The maximum Gasteiger partial charge on any atom is 0.254 e. The first-order chi connectivity index (χ1) is 15.4. The highest BCUT2D eigenvalue weighted by atomic mass is 16.1. The molecule has 0 aromatic heterocycles. The maximum atomic E-state index is 13.0. The lowest BCUT2D eigenvalue weighted by atomic mass is 9.98. The predicted molar refractivity (Wildman–Crippen MR) is 135 cm³/mol. The van der Waals surface area contributed by atoms with Gasteiger partial charge >= 0.3 is 0 Å². The van der Waals surface area contributed by atoms with Gasteiger partial charge in [0.25, 0.3) is 5.56 Å². The molecular formula is C27H36N4O. The molecule has 0 spiro atoms. The lowest BCUT2D eigenvalue weighted by molar-refractivity contribution is 0.209. The van der Waals surface area contributed by atoms with Crippen molar-refractivity contribution in [3.63, 3.8) is 0 Å². The molecule has 1 N–H and O–H groups in total. The predicted octanol–water partition coefficient (Wildman–Crippen LogP) is 4.91. The molecule has 2 heterocycles. The highest BCUT2D eigenvalue weighted by Gasteiger charge is 2.26. The van der Waals surface area contributed by atoms with Crippen LogP contribution in [0.2, 0.25) is 0 Å². The normalized spacial score (nSPS) is 16.0. The Balaban J connectivity index is 1.65. The number of hydrogen-bond acceptors (Lipinski definition) is 4. The van der Waals surface area contributed by atoms with Gasteiger partial charge in [-0.25, -0.2) is 0 Å². The van der Waals surface area contributed by atoms with Gasteiger partial charge < -0.3 is 14.8 Å². The molecule has 1 unspecified atom stereocenters. The highest BCUT2D eigenvalue weighted by Crippen LogP contribution is 2.36. The van der Waals surface area contributed by atoms with E-state index in [4.69, 9.17) is 0 Å². The summed E-state index contributed by atoms with van der Waals surface area (Å²) >= 11 is 0. The van der Waals surface area contributed by atoms with Crippen molar-refractivity contribution < 1.29 is 0 Å². The van der Waals surface area contributed by atoms with E-state index < -0.39 is 0 Å². The first-order valence-electron chi connectivity index (χ1n) is 11.8. The van der Waals surface area contributed by atoms with Crippen molar-refractivity contribution in [2.75, 3.05) is 43.0 Å². The Morgan fingerprint density at radius 2 is 1.75 bits per heavy atom. The third-order valence-corrected chi connectivity index (χ3v) is 6.99. The molecular weight excluding hydrogens is 396 g/mol. The molecule has 0 bridgehead atoms. The van der Waals surface area contributed by atoms with Gasteiger partial charge in [-0.1, -0.05) is 37.3 Å². The van der Waals surface area contributed by atoms with Crippen LogP contribution >= 0.6 is 0 Å². The summed E-state index contributed by atoms with van der Waals surface area (Å²) in [4.78, 5) is 23.3. The summed E-state index contributed by atoms with van der Waals surface area (Å²) in [5.41, 5.74) is 6.47. The fraction of sp³-hybridized carbons (Fsp3) is 0.444. The summed E-state index contributed by atoms with van der Waals surface area (Å²) in [6.07, 6.45) is 0.855. The quantitative estimate of drug-likeness (QED) is 0.601. The lowest BCUT2D eigenvalue weighted by Crippen LogP contribution is -2.48. The van der Waals surface area contributed by atoms with Crippen LogP contribution in [0, 0.1) is 6.92 Å². The number of benzene rings is 1. The molecule has 32 heavy (non-hydrogen) atoms. The minimum Gasteiger partial charge on any atom is -0.369 e. The Morgan fingerprint density at radius 1 is 1.03 bits per heavy atom. The summed E-state index contributed by atoms with van der Waals surface area (Å²) in [5, 5.41) is 0. The minimum absolute atomic E-state index is 0.00499. The summed E-state index contributed by atoms with van der Waals surface area (Å²) in [6, 6.07) is 17.4. The number of rotatable bonds is 6. The monoisotopic (exact) mass is 432 g/mol. The van der Waals surface area contributed by atoms with Crippen LogP contribution in [0.3, 0.4) is 0 Å². The summed E-state index contributed by atoms with van der Waals surface area (Å²) in [5.74, 6) is 0. The number of aromatic nitrogens is 1. The lowest BCUT2D eigenvalue weighted by Gasteiger charge is -2.39. The van der Waals surface area contributed by atoms with E-state index in [2.05, 4.69) is 78.7 Å². The van der Waals surface area contributed by atoms with Crippen molar-refractivity contribution in [1.29, 1.82) is 0 Å². The third kappa shape index (κ3) is 4.26. The van der Waals surface area contributed by atoms with Crippen LogP contribution in [-0.4, -0.2) is 49.2 Å². The van der Waals surface area contributed by atoms with Crippen molar-refractivity contribution in [1.82, 2.24) is 9.88 Å². The molecule has 0 amide bonds. The number of aryl methyl sites for hydroxylation is 1. The molecule has 1 fully saturated rings. The second-order valence-electron chi connectivity index (χ2n) is 9.23. The average Bonchev–Trinajstić information content (AvgIpc) is 2.94. The number of fused-ring (bicyclic) bond motifs is 1. The van der Waals surface area contributed by atoms with Crippen LogP contribution in [0.15, 0.2) is 53.3 Å². The number of nitrogens with one attached hydrogen (secondary N) is 1. The van der Waals surface area contributed by atoms with Crippen molar-refractivity contribution in [3.05, 3.63) is 70.0 Å². The Labute approximate surface area is 192 Å². The van der Waals surface area contributed by atoms with Crippen LogP contribution in [-0.2, 0) is 0 Å². The third-order valence-electron chi connectivity index (χ3n) is 6.99. The number of anilines is 2. The minimum atomic E-state index is 0.00499. The molecule has 5 nitrogen and oxygen atoms in total. The Hall–Kier alpha value is -2.79. The van der Waals surface area contributed by atoms with E-state index >= 15 is 0 Å². The Bertz CT molecular complexity index is 1080. The van der Waals surface area contributed by atoms with Gasteiger partial charge in [0.2, 0.25) is 0 Å². The van der Waals surface area contributed by atoms with Crippen molar-refractivity contribution in [2.45, 2.75) is 46.2 Å². The maximum absolute atomic E-state index is 13.0. The zero-order valence-corrected chi connectivity index (χ0v) is 20.1. The van der Waals surface area contributed by atoms with Crippen molar-refractivity contribution >= 4 is 11.4 Å². The molecule has 170 valence electrons. The summed E-state index contributed by atoms with van der Waals surface area (Å²) in [6.45, 7) is 13.2. The van der Waals surface area contributed by atoms with Gasteiger partial charge in [-0.15, -0.1) is 0 Å². The highest BCUT2D eigenvalue weighted by molar-refractivity contribution is 5.69. The van der Waals surface area contributed by atoms with E-state index in [-0.39, 0.29) is 11.6 Å². The van der Waals surface area contributed by atoms with E-state index in [9.17, 15) is 4.79 Å². The fourth-order valence-electron chi connectivity index (χ4n) is 5.04. The van der Waals surface area contributed by atoms with Crippen molar-refractivity contribution in [3.8, 4) is 11.3 Å². The molecule has 0 saturated carbocycles. The van der Waals surface area contributed by atoms with E-state index in [0.29, 0.717) is 6.04 Å².